The Morgan fingerprint density at radius 3 is 2.78 bits per heavy atom. The van der Waals surface area contributed by atoms with Gasteiger partial charge in [0.25, 0.3) is 0 Å². The van der Waals surface area contributed by atoms with Crippen molar-refractivity contribution < 1.29 is 18.6 Å². The lowest BCUT2D eigenvalue weighted by Crippen LogP contribution is -2.40. The third-order valence-corrected chi connectivity index (χ3v) is 4.07. The van der Waals surface area contributed by atoms with Crippen LogP contribution in [-0.2, 0) is 4.74 Å². The number of rotatable bonds is 4. The molecule has 1 fully saturated rings. The Morgan fingerprint density at radius 1 is 1.17 bits per heavy atom. The molecule has 122 valence electrons. The molecular formula is C18H19F2NO2. The second kappa shape index (κ2) is 7.17. The summed E-state index contributed by atoms with van der Waals surface area (Å²) in [5.74, 6) is -0.704. The van der Waals surface area contributed by atoms with Gasteiger partial charge in [-0.25, -0.2) is 8.78 Å². The summed E-state index contributed by atoms with van der Waals surface area (Å²) in [5.41, 5.74) is 1.07. The van der Waals surface area contributed by atoms with E-state index in [2.05, 4.69) is 0 Å². The average molecular weight is 319 g/mol. The molecule has 0 saturated carbocycles. The smallest absolute Gasteiger partial charge is 0.129 e. The molecule has 0 bridgehead atoms. The molecular weight excluding hydrogens is 300 g/mol. The van der Waals surface area contributed by atoms with Gasteiger partial charge in [-0.2, -0.15) is 0 Å². The summed E-state index contributed by atoms with van der Waals surface area (Å²) in [7, 11) is 0. The predicted octanol–water partition coefficient (Wildman–Crippen LogP) is 3.07. The molecule has 23 heavy (non-hydrogen) atoms. The number of aliphatic hydroxyl groups is 1. The SMILES string of the molecule is OC(CN1CCOC(c2cccc(F)c2)C1)c1ccccc1F. The number of nitrogens with zero attached hydrogens (tertiary/aromatic N) is 1. The molecule has 0 aromatic heterocycles. The first-order valence-corrected chi connectivity index (χ1v) is 7.65. The number of β-amino-alcohol motifs (C(OH)–C–C–N with tert-alkyl or cyclic N) is 1. The van der Waals surface area contributed by atoms with Gasteiger partial charge in [0.15, 0.2) is 0 Å². The number of hydrogen-bond acceptors (Lipinski definition) is 3. The molecule has 1 aliphatic heterocycles. The average Bonchev–Trinajstić information content (AvgIpc) is 2.55. The number of aliphatic hydroxyl groups excluding tert-OH is 1. The largest absolute Gasteiger partial charge is 0.387 e. The minimum Gasteiger partial charge on any atom is -0.387 e. The quantitative estimate of drug-likeness (QED) is 0.940. The molecule has 3 rings (SSSR count). The summed E-state index contributed by atoms with van der Waals surface area (Å²) in [6.07, 6.45) is -1.14. The minimum absolute atomic E-state index is 0.243. The summed E-state index contributed by atoms with van der Waals surface area (Å²) in [6, 6.07) is 12.6. The Balaban J connectivity index is 1.66. The van der Waals surface area contributed by atoms with Gasteiger partial charge in [-0.15, -0.1) is 0 Å². The molecule has 1 saturated heterocycles. The van der Waals surface area contributed by atoms with Crippen molar-refractivity contribution in [3.63, 3.8) is 0 Å². The van der Waals surface area contributed by atoms with Gasteiger partial charge in [-0.3, -0.25) is 4.90 Å². The van der Waals surface area contributed by atoms with Crippen molar-refractivity contribution in [3.8, 4) is 0 Å². The van der Waals surface area contributed by atoms with Crippen LogP contribution < -0.4 is 0 Å². The third kappa shape index (κ3) is 3.93. The van der Waals surface area contributed by atoms with E-state index in [9.17, 15) is 13.9 Å². The zero-order valence-electron chi connectivity index (χ0n) is 12.7. The molecule has 2 aromatic carbocycles. The number of hydrogen-bond donors (Lipinski definition) is 1. The maximum absolute atomic E-state index is 13.7. The van der Waals surface area contributed by atoms with Crippen LogP contribution in [0.25, 0.3) is 0 Å². The van der Waals surface area contributed by atoms with E-state index < -0.39 is 11.9 Å². The molecule has 1 aliphatic rings. The molecule has 1 N–H and O–H groups in total. The van der Waals surface area contributed by atoms with E-state index in [1.54, 1.807) is 24.3 Å². The van der Waals surface area contributed by atoms with Gasteiger partial charge >= 0.3 is 0 Å². The fourth-order valence-corrected chi connectivity index (χ4v) is 2.87. The Bertz CT molecular complexity index is 665. The molecule has 2 unspecified atom stereocenters. The fourth-order valence-electron chi connectivity index (χ4n) is 2.87. The number of morpholine rings is 1. The van der Waals surface area contributed by atoms with Crippen molar-refractivity contribution in [3.05, 3.63) is 71.3 Å². The molecule has 3 nitrogen and oxygen atoms in total. The van der Waals surface area contributed by atoms with E-state index in [0.717, 1.165) is 5.56 Å². The van der Waals surface area contributed by atoms with E-state index in [1.807, 2.05) is 11.0 Å². The fraction of sp³-hybridized carbons (Fsp3) is 0.333. The van der Waals surface area contributed by atoms with Crippen molar-refractivity contribution in [1.82, 2.24) is 4.90 Å². The predicted molar refractivity (Wildman–Crippen MR) is 82.9 cm³/mol. The maximum Gasteiger partial charge on any atom is 0.129 e. The van der Waals surface area contributed by atoms with Gasteiger partial charge in [0.05, 0.1) is 18.8 Å². The van der Waals surface area contributed by atoms with Crippen LogP contribution in [0.2, 0.25) is 0 Å². The monoisotopic (exact) mass is 319 g/mol. The van der Waals surface area contributed by atoms with E-state index >= 15 is 0 Å². The highest BCUT2D eigenvalue weighted by atomic mass is 19.1. The van der Waals surface area contributed by atoms with Crippen LogP contribution in [0.5, 0.6) is 0 Å². The highest BCUT2D eigenvalue weighted by molar-refractivity contribution is 5.21. The highest BCUT2D eigenvalue weighted by Crippen LogP contribution is 2.25. The topological polar surface area (TPSA) is 32.7 Å². The van der Waals surface area contributed by atoms with Gasteiger partial charge in [0.1, 0.15) is 11.6 Å². The van der Waals surface area contributed by atoms with Gasteiger partial charge in [0.2, 0.25) is 0 Å². The Labute approximate surface area is 134 Å². The van der Waals surface area contributed by atoms with Crippen molar-refractivity contribution in [1.29, 1.82) is 0 Å². The van der Waals surface area contributed by atoms with Crippen molar-refractivity contribution in [2.24, 2.45) is 0 Å². The second-order valence-corrected chi connectivity index (χ2v) is 5.71. The standard InChI is InChI=1S/C18H19F2NO2/c19-14-5-3-4-13(10-14)18-12-21(8-9-23-18)11-17(22)15-6-1-2-7-16(15)20/h1-7,10,17-18,22H,8-9,11-12H2. The molecule has 0 aliphatic carbocycles. The van der Waals surface area contributed by atoms with Crippen LogP contribution in [0.1, 0.15) is 23.3 Å². The summed E-state index contributed by atoms with van der Waals surface area (Å²) in [5, 5.41) is 10.3. The molecule has 0 amide bonds. The molecule has 5 heteroatoms. The van der Waals surface area contributed by atoms with Gasteiger partial charge in [-0.1, -0.05) is 30.3 Å². The zero-order chi connectivity index (χ0) is 16.2. The van der Waals surface area contributed by atoms with Crippen LogP contribution in [0, 0.1) is 11.6 Å². The van der Waals surface area contributed by atoms with Gasteiger partial charge in [0, 0.05) is 25.2 Å². The first-order valence-electron chi connectivity index (χ1n) is 7.65. The highest BCUT2D eigenvalue weighted by Gasteiger charge is 2.25. The van der Waals surface area contributed by atoms with Gasteiger partial charge < -0.3 is 9.84 Å². The first kappa shape index (κ1) is 16.1. The summed E-state index contributed by atoms with van der Waals surface area (Å²) >= 11 is 0. The van der Waals surface area contributed by atoms with Crippen LogP contribution >= 0.6 is 0 Å². The van der Waals surface area contributed by atoms with Crippen molar-refractivity contribution >= 4 is 0 Å². The Morgan fingerprint density at radius 2 is 2.00 bits per heavy atom. The molecule has 2 aromatic rings. The molecule has 1 heterocycles. The molecule has 0 radical (unpaired) electrons. The minimum atomic E-state index is -0.901. The van der Waals surface area contributed by atoms with E-state index in [-0.39, 0.29) is 11.9 Å². The Hall–Kier alpha value is -1.82. The normalized spacial score (nSPS) is 20.4. The molecule has 0 spiro atoms. The lowest BCUT2D eigenvalue weighted by atomic mass is 10.1. The number of ether oxygens (including phenoxy) is 1. The van der Waals surface area contributed by atoms with Crippen LogP contribution in [0.15, 0.2) is 48.5 Å². The summed E-state index contributed by atoms with van der Waals surface area (Å²) in [6.45, 7) is 1.99. The van der Waals surface area contributed by atoms with Gasteiger partial charge in [-0.05, 0) is 23.8 Å². The van der Waals surface area contributed by atoms with E-state index in [1.165, 1.54) is 18.2 Å². The van der Waals surface area contributed by atoms with Crippen LogP contribution in [-0.4, -0.2) is 36.2 Å². The molecule has 2 atom stereocenters. The van der Waals surface area contributed by atoms with E-state index in [4.69, 9.17) is 4.74 Å². The second-order valence-electron chi connectivity index (χ2n) is 5.71. The number of halogens is 2. The summed E-state index contributed by atoms with van der Waals surface area (Å²) in [4.78, 5) is 2.01. The van der Waals surface area contributed by atoms with Crippen LogP contribution in [0.3, 0.4) is 0 Å². The van der Waals surface area contributed by atoms with E-state index in [0.29, 0.717) is 31.8 Å². The third-order valence-electron chi connectivity index (χ3n) is 4.07. The van der Waals surface area contributed by atoms with Crippen molar-refractivity contribution in [2.45, 2.75) is 12.2 Å². The lowest BCUT2D eigenvalue weighted by Gasteiger charge is -2.34. The maximum atomic E-state index is 13.7. The Kier molecular flexibility index (Phi) is 5.00. The van der Waals surface area contributed by atoms with Crippen molar-refractivity contribution in [2.75, 3.05) is 26.2 Å². The van der Waals surface area contributed by atoms with Crippen LogP contribution in [0.4, 0.5) is 8.78 Å². The first-order chi connectivity index (χ1) is 11.1. The lowest BCUT2D eigenvalue weighted by molar-refractivity contribution is -0.0427. The summed E-state index contributed by atoms with van der Waals surface area (Å²) < 4.78 is 32.8. The zero-order valence-corrected chi connectivity index (χ0v) is 12.7. The number of benzene rings is 2.